The number of amides is 2. The van der Waals surface area contributed by atoms with Gasteiger partial charge in [0.15, 0.2) is 11.5 Å². The van der Waals surface area contributed by atoms with Crippen LogP contribution < -0.4 is 20.2 Å². The van der Waals surface area contributed by atoms with Crippen molar-refractivity contribution in [2.24, 2.45) is 5.10 Å². The number of nitrogens with zero attached hydrogens (tertiary/aromatic N) is 1. The minimum absolute atomic E-state index is 0.322. The summed E-state index contributed by atoms with van der Waals surface area (Å²) < 4.78 is 10.7. The summed E-state index contributed by atoms with van der Waals surface area (Å²) in [7, 11) is 1.55. The van der Waals surface area contributed by atoms with E-state index in [4.69, 9.17) is 9.47 Å². The van der Waals surface area contributed by atoms with Gasteiger partial charge in [-0.1, -0.05) is 17.7 Å². The molecule has 0 unspecified atom stereocenters. The highest BCUT2D eigenvalue weighted by atomic mass is 16.5. The van der Waals surface area contributed by atoms with Crippen molar-refractivity contribution < 1.29 is 19.1 Å². The Hall–Kier alpha value is -3.35. The normalized spacial score (nSPS) is 10.6. The lowest BCUT2D eigenvalue weighted by molar-refractivity contribution is -0.126. The van der Waals surface area contributed by atoms with Crippen LogP contribution in [0.5, 0.6) is 11.5 Å². The quantitative estimate of drug-likeness (QED) is 0.416. The Morgan fingerprint density at radius 3 is 2.54 bits per heavy atom. The molecule has 7 nitrogen and oxygen atoms in total. The zero-order chi connectivity index (χ0) is 20.5. The van der Waals surface area contributed by atoms with Gasteiger partial charge in [0.2, 0.25) is 11.8 Å². The molecule has 2 aromatic rings. The predicted octanol–water partition coefficient (Wildman–Crippen LogP) is 3.19. The van der Waals surface area contributed by atoms with Crippen molar-refractivity contribution in [2.45, 2.75) is 27.2 Å². The second kappa shape index (κ2) is 10.1. The molecule has 0 aliphatic carbocycles. The smallest absolute Gasteiger partial charge is 0.249 e. The molecule has 0 atom stereocenters. The van der Waals surface area contributed by atoms with Gasteiger partial charge >= 0.3 is 0 Å². The average Bonchev–Trinajstić information content (AvgIpc) is 2.65. The van der Waals surface area contributed by atoms with Crippen molar-refractivity contribution in [1.82, 2.24) is 5.43 Å². The monoisotopic (exact) mass is 383 g/mol. The number of hydrogen-bond donors (Lipinski definition) is 2. The molecule has 0 fully saturated rings. The fraction of sp³-hybridized carbons (Fsp3) is 0.286. The topological polar surface area (TPSA) is 89.0 Å². The zero-order valence-electron chi connectivity index (χ0n) is 16.5. The van der Waals surface area contributed by atoms with E-state index in [0.29, 0.717) is 23.8 Å². The standard InChI is InChI=1S/C21H25N3O4/c1-5-28-18-9-7-16(11-19(18)27-4)13-22-24-21(26)12-20(25)23-17-8-6-14(2)10-15(17)3/h6-11,13H,5,12H2,1-4H3,(H,23,25)(H,24,26). The SMILES string of the molecule is CCOc1ccc(C=NNC(=O)CC(=O)Nc2ccc(C)cc2C)cc1OC. The van der Waals surface area contributed by atoms with Crippen molar-refractivity contribution in [1.29, 1.82) is 0 Å². The maximum atomic E-state index is 12.0. The molecule has 0 saturated carbocycles. The third-order valence-corrected chi connectivity index (χ3v) is 3.87. The summed E-state index contributed by atoms with van der Waals surface area (Å²) >= 11 is 0. The lowest BCUT2D eigenvalue weighted by atomic mass is 10.1. The Labute approximate surface area is 164 Å². The van der Waals surface area contributed by atoms with Crippen LogP contribution in [0.3, 0.4) is 0 Å². The molecule has 0 bridgehead atoms. The molecule has 7 heteroatoms. The lowest BCUT2D eigenvalue weighted by Crippen LogP contribution is -2.24. The minimum atomic E-state index is -0.503. The molecule has 2 rings (SSSR count). The number of aryl methyl sites for hydroxylation is 2. The first-order chi connectivity index (χ1) is 13.4. The van der Waals surface area contributed by atoms with Gasteiger partial charge in [-0.2, -0.15) is 5.10 Å². The van der Waals surface area contributed by atoms with E-state index in [1.807, 2.05) is 39.0 Å². The summed E-state index contributed by atoms with van der Waals surface area (Å²) in [6, 6.07) is 11.0. The number of carbonyl (C=O) groups excluding carboxylic acids is 2. The Morgan fingerprint density at radius 1 is 1.07 bits per heavy atom. The summed E-state index contributed by atoms with van der Waals surface area (Å²) in [6.07, 6.45) is 1.15. The molecule has 0 heterocycles. The maximum absolute atomic E-state index is 12.0. The van der Waals surface area contributed by atoms with E-state index < -0.39 is 11.8 Å². The molecule has 2 aromatic carbocycles. The minimum Gasteiger partial charge on any atom is -0.493 e. The molecule has 2 amide bonds. The number of carbonyl (C=O) groups is 2. The first-order valence-corrected chi connectivity index (χ1v) is 8.92. The predicted molar refractivity (Wildman–Crippen MR) is 109 cm³/mol. The molecule has 0 aliphatic rings. The molecule has 0 aromatic heterocycles. The summed E-state index contributed by atoms with van der Waals surface area (Å²) in [5, 5.41) is 6.61. The summed E-state index contributed by atoms with van der Waals surface area (Å²) in [5.41, 5.74) is 5.80. The van der Waals surface area contributed by atoms with E-state index >= 15 is 0 Å². The van der Waals surface area contributed by atoms with Gasteiger partial charge in [-0.15, -0.1) is 0 Å². The van der Waals surface area contributed by atoms with Crippen molar-refractivity contribution in [3.8, 4) is 11.5 Å². The molecular formula is C21H25N3O4. The van der Waals surface area contributed by atoms with Crippen LogP contribution >= 0.6 is 0 Å². The maximum Gasteiger partial charge on any atom is 0.249 e. The van der Waals surface area contributed by atoms with Crippen LogP contribution in [0.1, 0.15) is 30.0 Å². The van der Waals surface area contributed by atoms with Crippen LogP contribution in [0.4, 0.5) is 5.69 Å². The Bertz CT molecular complexity index is 878. The first kappa shape index (κ1) is 21.0. The van der Waals surface area contributed by atoms with Crippen molar-refractivity contribution in [3.63, 3.8) is 0 Å². The first-order valence-electron chi connectivity index (χ1n) is 8.92. The number of hydrazone groups is 1. The van der Waals surface area contributed by atoms with Crippen LogP contribution in [0, 0.1) is 13.8 Å². The molecular weight excluding hydrogens is 358 g/mol. The largest absolute Gasteiger partial charge is 0.493 e. The van der Waals surface area contributed by atoms with Gasteiger partial charge in [0.1, 0.15) is 6.42 Å². The number of anilines is 1. The van der Waals surface area contributed by atoms with Crippen molar-refractivity contribution in [3.05, 3.63) is 53.1 Å². The van der Waals surface area contributed by atoms with E-state index in [1.54, 1.807) is 25.3 Å². The summed E-state index contributed by atoms with van der Waals surface area (Å²) in [5.74, 6) is 0.304. The third-order valence-electron chi connectivity index (χ3n) is 3.87. The lowest BCUT2D eigenvalue weighted by Gasteiger charge is -2.09. The van der Waals surface area contributed by atoms with Crippen molar-refractivity contribution in [2.75, 3.05) is 19.0 Å². The van der Waals surface area contributed by atoms with E-state index in [0.717, 1.165) is 16.7 Å². The fourth-order valence-electron chi connectivity index (χ4n) is 2.55. The fourth-order valence-corrected chi connectivity index (χ4v) is 2.55. The van der Waals surface area contributed by atoms with E-state index in [1.165, 1.54) is 6.21 Å². The second-order valence-corrected chi connectivity index (χ2v) is 6.18. The zero-order valence-corrected chi connectivity index (χ0v) is 16.5. The Balaban J connectivity index is 1.88. The van der Waals surface area contributed by atoms with Gasteiger partial charge in [-0.05, 0) is 56.2 Å². The molecule has 0 spiro atoms. The van der Waals surface area contributed by atoms with Crippen LogP contribution in [0.2, 0.25) is 0 Å². The van der Waals surface area contributed by atoms with Crippen LogP contribution in [0.25, 0.3) is 0 Å². The van der Waals surface area contributed by atoms with Crippen LogP contribution in [0.15, 0.2) is 41.5 Å². The number of hydrogen-bond acceptors (Lipinski definition) is 5. The van der Waals surface area contributed by atoms with Crippen LogP contribution in [-0.4, -0.2) is 31.7 Å². The number of rotatable bonds is 8. The van der Waals surface area contributed by atoms with E-state index in [9.17, 15) is 9.59 Å². The highest BCUT2D eigenvalue weighted by Crippen LogP contribution is 2.27. The third kappa shape index (κ3) is 6.12. The van der Waals surface area contributed by atoms with E-state index in [2.05, 4.69) is 15.8 Å². The summed E-state index contributed by atoms with van der Waals surface area (Å²) in [4.78, 5) is 23.9. The van der Waals surface area contributed by atoms with Gasteiger partial charge < -0.3 is 14.8 Å². The molecule has 0 radical (unpaired) electrons. The van der Waals surface area contributed by atoms with Gasteiger partial charge in [-0.25, -0.2) is 5.43 Å². The van der Waals surface area contributed by atoms with Gasteiger partial charge in [0.25, 0.3) is 0 Å². The highest BCUT2D eigenvalue weighted by Gasteiger charge is 2.10. The molecule has 2 N–H and O–H groups in total. The Morgan fingerprint density at radius 2 is 1.86 bits per heavy atom. The highest BCUT2D eigenvalue weighted by molar-refractivity contribution is 6.04. The number of methoxy groups -OCH3 is 1. The van der Waals surface area contributed by atoms with Gasteiger partial charge in [0, 0.05) is 5.69 Å². The Kier molecular flexibility index (Phi) is 7.56. The second-order valence-electron chi connectivity index (χ2n) is 6.18. The molecule has 148 valence electrons. The number of benzene rings is 2. The molecule has 28 heavy (non-hydrogen) atoms. The van der Waals surface area contributed by atoms with Gasteiger partial charge in [0.05, 0.1) is 19.9 Å². The van der Waals surface area contributed by atoms with Gasteiger partial charge in [-0.3, -0.25) is 9.59 Å². The number of ether oxygens (including phenoxy) is 2. The van der Waals surface area contributed by atoms with E-state index in [-0.39, 0.29) is 6.42 Å². The molecule has 0 saturated heterocycles. The summed E-state index contributed by atoms with van der Waals surface area (Å²) in [6.45, 7) is 6.30. The van der Waals surface area contributed by atoms with Crippen LogP contribution in [-0.2, 0) is 9.59 Å². The van der Waals surface area contributed by atoms with Crippen molar-refractivity contribution >= 4 is 23.7 Å². The molecule has 0 aliphatic heterocycles. The number of nitrogens with one attached hydrogen (secondary N) is 2. The average molecular weight is 383 g/mol.